The Kier molecular flexibility index (Phi) is 2.56. The van der Waals surface area contributed by atoms with Crippen LogP contribution in [0, 0.1) is 11.3 Å². The average molecular weight is 200 g/mol. The number of H-pyrrole nitrogens is 1. The molecule has 74 valence electrons. The van der Waals surface area contributed by atoms with Crippen LogP contribution in [0.4, 0.5) is 5.82 Å². The normalized spacial score (nSPS) is 9.53. The van der Waals surface area contributed by atoms with E-state index in [1.807, 2.05) is 12.1 Å². The molecule has 0 aliphatic heterocycles. The zero-order chi connectivity index (χ0) is 10.5. The van der Waals surface area contributed by atoms with Gasteiger partial charge in [-0.1, -0.05) is 0 Å². The fourth-order valence-corrected chi connectivity index (χ4v) is 1.07. The third kappa shape index (κ3) is 2.28. The van der Waals surface area contributed by atoms with Gasteiger partial charge >= 0.3 is 0 Å². The maximum Gasteiger partial charge on any atom is 0.161 e. The second kappa shape index (κ2) is 4.19. The van der Waals surface area contributed by atoms with E-state index in [1.54, 1.807) is 12.4 Å². The van der Waals surface area contributed by atoms with E-state index in [0.717, 1.165) is 5.69 Å². The molecule has 0 saturated carbocycles. The zero-order valence-electron chi connectivity index (χ0n) is 7.81. The number of nitrogens with zero attached hydrogens (tertiary/aromatic N) is 4. The largest absolute Gasteiger partial charge is 0.363 e. The molecule has 2 aromatic heterocycles. The van der Waals surface area contributed by atoms with E-state index in [9.17, 15) is 0 Å². The van der Waals surface area contributed by atoms with Crippen LogP contribution < -0.4 is 5.32 Å². The molecule has 6 heteroatoms. The van der Waals surface area contributed by atoms with Gasteiger partial charge in [-0.2, -0.15) is 10.4 Å². The van der Waals surface area contributed by atoms with Crippen molar-refractivity contribution in [2.75, 3.05) is 5.32 Å². The predicted molar refractivity (Wildman–Crippen MR) is 52.7 cm³/mol. The molecule has 0 aliphatic rings. The predicted octanol–water partition coefficient (Wildman–Crippen LogP) is 0.683. The Labute approximate surface area is 86.0 Å². The summed E-state index contributed by atoms with van der Waals surface area (Å²) in [6.07, 6.45) is 4.66. The average Bonchev–Trinajstić information content (AvgIpc) is 2.79. The second-order valence-corrected chi connectivity index (χ2v) is 2.84. The topological polar surface area (TPSA) is 90.3 Å². The van der Waals surface area contributed by atoms with E-state index in [0.29, 0.717) is 18.1 Å². The van der Waals surface area contributed by atoms with Gasteiger partial charge in [0.25, 0.3) is 0 Å². The van der Waals surface area contributed by atoms with E-state index < -0.39 is 0 Å². The van der Waals surface area contributed by atoms with Gasteiger partial charge < -0.3 is 5.32 Å². The van der Waals surface area contributed by atoms with Crippen LogP contribution in [0.25, 0.3) is 0 Å². The zero-order valence-corrected chi connectivity index (χ0v) is 7.81. The minimum absolute atomic E-state index is 0.296. The molecule has 2 N–H and O–H groups in total. The maximum absolute atomic E-state index is 8.62. The molecule has 0 aliphatic carbocycles. The monoisotopic (exact) mass is 200 g/mol. The lowest BCUT2D eigenvalue weighted by molar-refractivity contribution is 0.969. The van der Waals surface area contributed by atoms with Crippen molar-refractivity contribution >= 4 is 5.82 Å². The third-order valence-electron chi connectivity index (χ3n) is 1.77. The van der Waals surface area contributed by atoms with Crippen molar-refractivity contribution in [1.29, 1.82) is 5.26 Å². The van der Waals surface area contributed by atoms with Crippen LogP contribution in [-0.4, -0.2) is 20.2 Å². The van der Waals surface area contributed by atoms with Crippen LogP contribution in [0.3, 0.4) is 0 Å². The minimum atomic E-state index is 0.296. The number of nitriles is 1. The Hall–Kier alpha value is -2.42. The molecule has 2 heterocycles. The van der Waals surface area contributed by atoms with Crippen LogP contribution in [0.5, 0.6) is 0 Å². The van der Waals surface area contributed by atoms with E-state index >= 15 is 0 Å². The molecule has 0 saturated heterocycles. The highest BCUT2D eigenvalue weighted by atomic mass is 15.1. The van der Waals surface area contributed by atoms with Crippen molar-refractivity contribution in [2.24, 2.45) is 0 Å². The summed E-state index contributed by atoms with van der Waals surface area (Å²) in [4.78, 5) is 7.90. The molecular weight excluding hydrogens is 192 g/mol. The van der Waals surface area contributed by atoms with Gasteiger partial charge in [0.2, 0.25) is 0 Å². The van der Waals surface area contributed by atoms with Gasteiger partial charge in [0.15, 0.2) is 5.69 Å². The summed E-state index contributed by atoms with van der Waals surface area (Å²) >= 11 is 0. The molecule has 0 amide bonds. The molecule has 0 bridgehead atoms. The molecule has 0 radical (unpaired) electrons. The van der Waals surface area contributed by atoms with Gasteiger partial charge in [-0.15, -0.1) is 0 Å². The van der Waals surface area contributed by atoms with E-state index in [2.05, 4.69) is 25.5 Å². The second-order valence-electron chi connectivity index (χ2n) is 2.84. The summed E-state index contributed by atoms with van der Waals surface area (Å²) in [5, 5.41) is 18.3. The fraction of sp³-hybridized carbons (Fsp3) is 0.111. The highest BCUT2D eigenvalue weighted by molar-refractivity contribution is 5.34. The van der Waals surface area contributed by atoms with Crippen molar-refractivity contribution in [2.45, 2.75) is 6.54 Å². The molecule has 0 atom stereocenters. The standard InChI is InChI=1S/C9H8N6/c10-3-8-4-11-6-9(14-8)12-5-7-1-2-13-15-7/h1-2,4,6H,5H2,(H,12,14)(H,13,15). The first-order valence-electron chi connectivity index (χ1n) is 4.33. The molecule has 2 rings (SSSR count). The lowest BCUT2D eigenvalue weighted by atomic mass is 10.4. The maximum atomic E-state index is 8.62. The number of aromatic amines is 1. The first kappa shape index (κ1) is 9.15. The van der Waals surface area contributed by atoms with Crippen molar-refractivity contribution < 1.29 is 0 Å². The number of nitrogens with one attached hydrogen (secondary N) is 2. The number of aromatic nitrogens is 4. The molecule has 0 fully saturated rings. The molecular formula is C9H8N6. The molecule has 0 aromatic carbocycles. The van der Waals surface area contributed by atoms with Crippen LogP contribution in [0.1, 0.15) is 11.4 Å². The smallest absolute Gasteiger partial charge is 0.161 e. The molecule has 0 spiro atoms. The number of anilines is 1. The Morgan fingerprint density at radius 1 is 1.47 bits per heavy atom. The molecule has 15 heavy (non-hydrogen) atoms. The Bertz CT molecular complexity index is 470. The van der Waals surface area contributed by atoms with Gasteiger partial charge in [0.05, 0.1) is 24.6 Å². The molecule has 0 unspecified atom stereocenters. The third-order valence-corrected chi connectivity index (χ3v) is 1.77. The molecule has 6 nitrogen and oxygen atoms in total. The Morgan fingerprint density at radius 3 is 3.13 bits per heavy atom. The van der Waals surface area contributed by atoms with Crippen LogP contribution >= 0.6 is 0 Å². The lowest BCUT2D eigenvalue weighted by Gasteiger charge is -2.02. The van der Waals surface area contributed by atoms with Gasteiger partial charge in [-0.05, 0) is 6.07 Å². The quantitative estimate of drug-likeness (QED) is 0.760. The summed E-state index contributed by atoms with van der Waals surface area (Å²) in [7, 11) is 0. The van der Waals surface area contributed by atoms with Crippen LogP contribution in [0.15, 0.2) is 24.7 Å². The highest BCUT2D eigenvalue weighted by Gasteiger charge is 1.98. The fourth-order valence-electron chi connectivity index (χ4n) is 1.07. The van der Waals surface area contributed by atoms with Crippen molar-refractivity contribution in [1.82, 2.24) is 20.2 Å². The van der Waals surface area contributed by atoms with Crippen molar-refractivity contribution in [3.8, 4) is 6.07 Å². The van der Waals surface area contributed by atoms with Gasteiger partial charge in [-0.25, -0.2) is 4.98 Å². The lowest BCUT2D eigenvalue weighted by Crippen LogP contribution is -2.03. The van der Waals surface area contributed by atoms with Crippen molar-refractivity contribution in [3.05, 3.63) is 36.0 Å². The summed E-state index contributed by atoms with van der Waals surface area (Å²) in [5.41, 5.74) is 1.24. The summed E-state index contributed by atoms with van der Waals surface area (Å²) in [5.74, 6) is 0.573. The molecule has 2 aromatic rings. The van der Waals surface area contributed by atoms with E-state index in [4.69, 9.17) is 5.26 Å². The van der Waals surface area contributed by atoms with Gasteiger partial charge in [-0.3, -0.25) is 10.1 Å². The van der Waals surface area contributed by atoms with Gasteiger partial charge in [0, 0.05) is 6.20 Å². The number of hydrogen-bond acceptors (Lipinski definition) is 5. The first-order valence-corrected chi connectivity index (χ1v) is 4.33. The van der Waals surface area contributed by atoms with Crippen LogP contribution in [-0.2, 0) is 6.54 Å². The summed E-state index contributed by atoms with van der Waals surface area (Å²) < 4.78 is 0. The van der Waals surface area contributed by atoms with Crippen LogP contribution in [0.2, 0.25) is 0 Å². The SMILES string of the molecule is N#Cc1cncc(NCc2ccn[nH]2)n1. The first-order chi connectivity index (χ1) is 7.38. The summed E-state index contributed by atoms with van der Waals surface area (Å²) in [6.45, 7) is 0.573. The van der Waals surface area contributed by atoms with E-state index in [-0.39, 0.29) is 0 Å². The number of hydrogen-bond donors (Lipinski definition) is 2. The highest BCUT2D eigenvalue weighted by Crippen LogP contribution is 2.03. The summed E-state index contributed by atoms with van der Waals surface area (Å²) in [6, 6.07) is 3.78. The van der Waals surface area contributed by atoms with Gasteiger partial charge in [0.1, 0.15) is 11.9 Å². The number of rotatable bonds is 3. The Balaban J connectivity index is 2.02. The minimum Gasteiger partial charge on any atom is -0.363 e. The van der Waals surface area contributed by atoms with E-state index in [1.165, 1.54) is 6.20 Å². The Morgan fingerprint density at radius 2 is 2.40 bits per heavy atom. The van der Waals surface area contributed by atoms with Crippen molar-refractivity contribution in [3.63, 3.8) is 0 Å².